The highest BCUT2D eigenvalue weighted by Gasteiger charge is 2.23. The lowest BCUT2D eigenvalue weighted by atomic mass is 10.0. The molecular weight excluding hydrogens is 699 g/mol. The lowest BCUT2D eigenvalue weighted by Crippen LogP contribution is -2.07. The van der Waals surface area contributed by atoms with E-state index in [0.717, 1.165) is 82.7 Å². The van der Waals surface area contributed by atoms with E-state index < -0.39 is 0 Å². The highest BCUT2D eigenvalue weighted by atomic mass is 16.3. The molecule has 0 saturated heterocycles. The first-order chi connectivity index (χ1) is 28.3. The quantitative estimate of drug-likeness (QED) is 0.177. The third-order valence-electron chi connectivity index (χ3n) is 11.2. The number of benzene rings is 8. The standard InChI is InChI=1S/C51H31N5O/c1-3-15-32(16-4-1)35-28-27-34(31-44(35)55-41-23-11-7-19-36(41)37-20-8-12-24-42(37)55)50-52-49(33-17-5-2-6-18-33)53-51(54-50)56-43-25-13-9-21-38(43)39-29-30-46-47(48(39)56)40-22-10-14-26-45(40)57-46/h1-31H. The molecule has 57 heavy (non-hydrogen) atoms. The molecule has 0 atom stereocenters. The van der Waals surface area contributed by atoms with Crippen LogP contribution in [0, 0.1) is 0 Å². The maximum absolute atomic E-state index is 6.42. The Morgan fingerprint density at radius 2 is 0.912 bits per heavy atom. The van der Waals surface area contributed by atoms with Gasteiger partial charge < -0.3 is 8.98 Å². The van der Waals surface area contributed by atoms with Gasteiger partial charge in [0.05, 0.1) is 33.1 Å². The highest BCUT2D eigenvalue weighted by Crippen LogP contribution is 2.42. The number of hydrogen-bond acceptors (Lipinski definition) is 4. The summed E-state index contributed by atoms with van der Waals surface area (Å²) < 4.78 is 11.0. The molecule has 0 bridgehead atoms. The Morgan fingerprint density at radius 3 is 1.60 bits per heavy atom. The molecule has 8 aromatic carbocycles. The third kappa shape index (κ3) is 4.81. The molecule has 0 amide bonds. The van der Waals surface area contributed by atoms with Gasteiger partial charge in [0.1, 0.15) is 11.2 Å². The van der Waals surface area contributed by atoms with Crippen LogP contribution in [0.15, 0.2) is 192 Å². The molecule has 0 aliphatic rings. The molecule has 0 saturated carbocycles. The predicted molar refractivity (Wildman–Crippen MR) is 232 cm³/mol. The van der Waals surface area contributed by atoms with E-state index in [1.54, 1.807) is 0 Å². The molecule has 4 heterocycles. The zero-order chi connectivity index (χ0) is 37.5. The molecule has 4 aromatic heterocycles. The molecule has 0 aliphatic carbocycles. The molecule has 0 spiro atoms. The summed E-state index contributed by atoms with van der Waals surface area (Å²) >= 11 is 0. The Hall–Kier alpha value is -7.83. The topological polar surface area (TPSA) is 61.7 Å². The summed E-state index contributed by atoms with van der Waals surface area (Å²) in [7, 11) is 0. The number of rotatable bonds is 5. The summed E-state index contributed by atoms with van der Waals surface area (Å²) in [4.78, 5) is 15.9. The Balaban J connectivity index is 1.18. The number of aromatic nitrogens is 5. The second kappa shape index (κ2) is 12.3. The van der Waals surface area contributed by atoms with Crippen molar-refractivity contribution in [2.75, 3.05) is 0 Å². The highest BCUT2D eigenvalue weighted by molar-refractivity contribution is 6.24. The maximum atomic E-state index is 6.42. The Morgan fingerprint density at radius 1 is 0.368 bits per heavy atom. The summed E-state index contributed by atoms with van der Waals surface area (Å²) in [6.07, 6.45) is 0. The summed E-state index contributed by atoms with van der Waals surface area (Å²) in [5, 5.41) is 6.71. The average Bonchev–Trinajstić information content (AvgIpc) is 3.94. The number of para-hydroxylation sites is 4. The van der Waals surface area contributed by atoms with Crippen LogP contribution in [0.5, 0.6) is 0 Å². The molecule has 12 rings (SSSR count). The van der Waals surface area contributed by atoms with Crippen molar-refractivity contribution in [3.63, 3.8) is 0 Å². The normalized spacial score (nSPS) is 11.9. The van der Waals surface area contributed by atoms with Crippen LogP contribution in [0.4, 0.5) is 0 Å². The van der Waals surface area contributed by atoms with E-state index in [1.807, 2.05) is 30.3 Å². The lowest BCUT2D eigenvalue weighted by Gasteiger charge is -2.16. The largest absolute Gasteiger partial charge is 0.456 e. The minimum absolute atomic E-state index is 0.536. The van der Waals surface area contributed by atoms with Crippen LogP contribution in [0.3, 0.4) is 0 Å². The van der Waals surface area contributed by atoms with E-state index in [4.69, 9.17) is 19.4 Å². The fourth-order valence-electron chi connectivity index (χ4n) is 8.68. The minimum Gasteiger partial charge on any atom is -0.456 e. The van der Waals surface area contributed by atoms with Crippen molar-refractivity contribution in [3.05, 3.63) is 188 Å². The number of fused-ring (bicyclic) bond motifs is 10. The van der Waals surface area contributed by atoms with Gasteiger partial charge in [-0.3, -0.25) is 4.57 Å². The van der Waals surface area contributed by atoms with Crippen LogP contribution >= 0.6 is 0 Å². The first kappa shape index (κ1) is 31.5. The van der Waals surface area contributed by atoms with Crippen LogP contribution in [0.25, 0.3) is 111 Å². The van der Waals surface area contributed by atoms with E-state index in [2.05, 4.69) is 167 Å². The molecule has 6 nitrogen and oxygen atoms in total. The minimum atomic E-state index is 0.536. The zero-order valence-corrected chi connectivity index (χ0v) is 30.5. The fraction of sp³-hybridized carbons (Fsp3) is 0. The van der Waals surface area contributed by atoms with E-state index in [9.17, 15) is 0 Å². The number of hydrogen-bond donors (Lipinski definition) is 0. The van der Waals surface area contributed by atoms with Crippen LogP contribution in [-0.2, 0) is 0 Å². The summed E-state index contributed by atoms with van der Waals surface area (Å²) in [6.45, 7) is 0. The van der Waals surface area contributed by atoms with Gasteiger partial charge in [-0.1, -0.05) is 146 Å². The molecule has 0 N–H and O–H groups in total. The second-order valence-electron chi connectivity index (χ2n) is 14.4. The first-order valence-electron chi connectivity index (χ1n) is 19.1. The fourth-order valence-corrected chi connectivity index (χ4v) is 8.68. The third-order valence-corrected chi connectivity index (χ3v) is 11.2. The number of furan rings is 1. The zero-order valence-electron chi connectivity index (χ0n) is 30.5. The average molecular weight is 730 g/mol. The van der Waals surface area contributed by atoms with Gasteiger partial charge in [0.2, 0.25) is 5.95 Å². The van der Waals surface area contributed by atoms with Gasteiger partial charge in [-0.05, 0) is 48.0 Å². The van der Waals surface area contributed by atoms with Crippen LogP contribution < -0.4 is 0 Å². The Bertz CT molecular complexity index is 3470. The predicted octanol–water partition coefficient (Wildman–Crippen LogP) is 13.0. The summed E-state index contributed by atoms with van der Waals surface area (Å²) in [6, 6.07) is 65.5. The lowest BCUT2D eigenvalue weighted by molar-refractivity contribution is 0.669. The van der Waals surface area contributed by atoms with E-state index >= 15 is 0 Å². The van der Waals surface area contributed by atoms with Crippen molar-refractivity contribution in [2.45, 2.75) is 0 Å². The van der Waals surface area contributed by atoms with Gasteiger partial charge >= 0.3 is 0 Å². The van der Waals surface area contributed by atoms with Crippen LogP contribution in [0.1, 0.15) is 0 Å². The van der Waals surface area contributed by atoms with Gasteiger partial charge in [-0.2, -0.15) is 9.97 Å². The van der Waals surface area contributed by atoms with E-state index in [0.29, 0.717) is 17.6 Å². The Labute approximate surface area is 326 Å². The molecule has 0 radical (unpaired) electrons. The van der Waals surface area contributed by atoms with Crippen molar-refractivity contribution >= 4 is 65.6 Å². The van der Waals surface area contributed by atoms with Crippen molar-refractivity contribution in [1.29, 1.82) is 0 Å². The van der Waals surface area contributed by atoms with Crippen molar-refractivity contribution < 1.29 is 4.42 Å². The summed E-state index contributed by atoms with van der Waals surface area (Å²) in [5.41, 5.74) is 11.0. The van der Waals surface area contributed by atoms with Crippen LogP contribution in [-0.4, -0.2) is 24.1 Å². The molecule has 0 fully saturated rings. The maximum Gasteiger partial charge on any atom is 0.238 e. The Kier molecular flexibility index (Phi) is 6.83. The van der Waals surface area contributed by atoms with Gasteiger partial charge in [-0.15, -0.1) is 0 Å². The van der Waals surface area contributed by atoms with Crippen molar-refractivity contribution in [3.8, 4) is 45.5 Å². The monoisotopic (exact) mass is 729 g/mol. The number of nitrogens with zero attached hydrogens (tertiary/aromatic N) is 5. The van der Waals surface area contributed by atoms with Gasteiger partial charge in [0.15, 0.2) is 11.6 Å². The van der Waals surface area contributed by atoms with Gasteiger partial charge in [0, 0.05) is 43.6 Å². The SMILES string of the molecule is c1ccc(-c2nc(-c3ccc(-c4ccccc4)c(-n4c5ccccc5c5ccccc54)c3)nc(-n3c4ccccc4c4ccc5oc6ccccc6c5c43)n2)cc1. The van der Waals surface area contributed by atoms with Gasteiger partial charge in [0.25, 0.3) is 0 Å². The molecule has 0 unspecified atom stereocenters. The van der Waals surface area contributed by atoms with Crippen molar-refractivity contribution in [1.82, 2.24) is 24.1 Å². The second-order valence-corrected chi connectivity index (χ2v) is 14.4. The van der Waals surface area contributed by atoms with Crippen molar-refractivity contribution in [2.24, 2.45) is 0 Å². The molecule has 0 aliphatic heterocycles. The molecule has 266 valence electrons. The van der Waals surface area contributed by atoms with Gasteiger partial charge in [-0.25, -0.2) is 4.98 Å². The van der Waals surface area contributed by atoms with E-state index in [-0.39, 0.29) is 0 Å². The molecule has 12 aromatic rings. The first-order valence-corrected chi connectivity index (χ1v) is 19.1. The summed E-state index contributed by atoms with van der Waals surface area (Å²) in [5.74, 6) is 1.71. The molecular formula is C51H31N5O. The van der Waals surface area contributed by atoms with Crippen LogP contribution in [0.2, 0.25) is 0 Å². The smallest absolute Gasteiger partial charge is 0.238 e. The van der Waals surface area contributed by atoms with E-state index in [1.165, 1.54) is 10.8 Å². The molecule has 6 heteroatoms.